The first-order chi connectivity index (χ1) is 9.69. The fourth-order valence-corrected chi connectivity index (χ4v) is 2.51. The quantitative estimate of drug-likeness (QED) is 0.867. The van der Waals surface area contributed by atoms with Gasteiger partial charge in [-0.3, -0.25) is 0 Å². The second kappa shape index (κ2) is 7.60. The molecule has 4 heteroatoms. The largest absolute Gasteiger partial charge is 0.474 e. The van der Waals surface area contributed by atoms with Gasteiger partial charge in [-0.2, -0.15) is 0 Å². The normalized spacial score (nSPS) is 18.9. The van der Waals surface area contributed by atoms with Crippen LogP contribution in [0, 0.1) is 0 Å². The van der Waals surface area contributed by atoms with Crippen LogP contribution in [0.3, 0.4) is 0 Å². The van der Waals surface area contributed by atoms with E-state index in [1.165, 1.54) is 5.56 Å². The summed E-state index contributed by atoms with van der Waals surface area (Å²) >= 11 is 0. The summed E-state index contributed by atoms with van der Waals surface area (Å²) in [6.45, 7) is 7.62. The van der Waals surface area contributed by atoms with Gasteiger partial charge in [0.25, 0.3) is 0 Å². The summed E-state index contributed by atoms with van der Waals surface area (Å²) in [4.78, 5) is 6.70. The Labute approximate surface area is 122 Å². The lowest BCUT2D eigenvalue weighted by Crippen LogP contribution is -2.35. The Kier molecular flexibility index (Phi) is 5.80. The summed E-state index contributed by atoms with van der Waals surface area (Å²) in [6.07, 6.45) is 5.49. The highest BCUT2D eigenvalue weighted by Crippen LogP contribution is 2.20. The number of hydrogen-bond acceptors (Lipinski definition) is 4. The van der Waals surface area contributed by atoms with E-state index in [0.717, 1.165) is 44.8 Å². The molecule has 0 aliphatic carbocycles. The molecule has 1 aliphatic rings. The summed E-state index contributed by atoms with van der Waals surface area (Å²) in [5.74, 6) is 0.766. The van der Waals surface area contributed by atoms with Crippen LogP contribution in [-0.2, 0) is 0 Å². The van der Waals surface area contributed by atoms with Gasteiger partial charge >= 0.3 is 0 Å². The summed E-state index contributed by atoms with van der Waals surface area (Å²) in [7, 11) is 2.16. The number of rotatable bonds is 6. The van der Waals surface area contributed by atoms with Crippen LogP contribution >= 0.6 is 0 Å². The van der Waals surface area contributed by atoms with Crippen LogP contribution in [0.5, 0.6) is 5.88 Å². The Morgan fingerprint density at radius 3 is 2.90 bits per heavy atom. The summed E-state index contributed by atoms with van der Waals surface area (Å²) in [5, 5.41) is 3.50. The molecule has 20 heavy (non-hydrogen) atoms. The molecule has 1 aliphatic heterocycles. The van der Waals surface area contributed by atoms with Crippen LogP contribution in [0.2, 0.25) is 0 Å². The fraction of sp³-hybridized carbons (Fsp3) is 0.688. The van der Waals surface area contributed by atoms with Crippen LogP contribution < -0.4 is 10.1 Å². The fourth-order valence-electron chi connectivity index (χ4n) is 2.51. The third kappa shape index (κ3) is 4.46. The monoisotopic (exact) mass is 277 g/mol. The molecular formula is C16H27N3O. The number of nitrogens with zero attached hydrogens (tertiary/aromatic N) is 2. The minimum Gasteiger partial charge on any atom is -0.474 e. The molecule has 1 aromatic rings. The summed E-state index contributed by atoms with van der Waals surface area (Å²) in [5.41, 5.74) is 1.25. The molecule has 4 nitrogen and oxygen atoms in total. The maximum atomic E-state index is 6.03. The van der Waals surface area contributed by atoms with E-state index in [0.29, 0.717) is 12.1 Å². The summed E-state index contributed by atoms with van der Waals surface area (Å²) in [6, 6.07) is 4.48. The highest BCUT2D eigenvalue weighted by Gasteiger charge is 2.18. The molecular weight excluding hydrogens is 250 g/mol. The molecule has 0 amide bonds. The maximum Gasteiger partial charge on any atom is 0.213 e. The van der Waals surface area contributed by atoms with Crippen molar-refractivity contribution in [2.24, 2.45) is 0 Å². The number of aromatic nitrogens is 1. The first-order valence-electron chi connectivity index (χ1n) is 7.73. The zero-order valence-electron chi connectivity index (χ0n) is 12.9. The molecule has 0 radical (unpaired) electrons. The van der Waals surface area contributed by atoms with Crippen molar-refractivity contribution < 1.29 is 4.74 Å². The number of hydrogen-bond donors (Lipinski definition) is 1. The molecule has 2 heterocycles. The van der Waals surface area contributed by atoms with E-state index in [9.17, 15) is 0 Å². The van der Waals surface area contributed by atoms with Crippen molar-refractivity contribution in [3.05, 3.63) is 23.9 Å². The van der Waals surface area contributed by atoms with Crippen molar-refractivity contribution in [1.29, 1.82) is 0 Å². The van der Waals surface area contributed by atoms with Crippen molar-refractivity contribution in [1.82, 2.24) is 15.2 Å². The zero-order chi connectivity index (χ0) is 14.4. The van der Waals surface area contributed by atoms with Crippen LogP contribution in [0.25, 0.3) is 0 Å². The highest BCUT2D eigenvalue weighted by atomic mass is 16.5. The highest BCUT2D eigenvalue weighted by molar-refractivity contribution is 5.23. The topological polar surface area (TPSA) is 37.4 Å². The van der Waals surface area contributed by atoms with E-state index < -0.39 is 0 Å². The molecule has 1 N–H and O–H groups in total. The van der Waals surface area contributed by atoms with Gasteiger partial charge in [-0.25, -0.2) is 4.98 Å². The minimum atomic E-state index is 0.313. The Bertz CT molecular complexity index is 402. The third-order valence-electron chi connectivity index (χ3n) is 3.91. The molecule has 1 fully saturated rings. The second-order valence-corrected chi connectivity index (χ2v) is 5.72. The lowest BCUT2D eigenvalue weighted by Gasteiger charge is -2.29. The Morgan fingerprint density at radius 1 is 1.45 bits per heavy atom. The van der Waals surface area contributed by atoms with E-state index in [1.807, 2.05) is 6.20 Å². The van der Waals surface area contributed by atoms with Crippen LogP contribution in [-0.4, -0.2) is 42.7 Å². The van der Waals surface area contributed by atoms with Gasteiger partial charge in [-0.1, -0.05) is 6.92 Å². The maximum absolute atomic E-state index is 6.03. The first-order valence-corrected chi connectivity index (χ1v) is 7.73. The van der Waals surface area contributed by atoms with E-state index in [-0.39, 0.29) is 0 Å². The van der Waals surface area contributed by atoms with Gasteiger partial charge in [-0.15, -0.1) is 0 Å². The summed E-state index contributed by atoms with van der Waals surface area (Å²) < 4.78 is 6.03. The Morgan fingerprint density at radius 2 is 2.20 bits per heavy atom. The van der Waals surface area contributed by atoms with Crippen molar-refractivity contribution in [3.8, 4) is 5.88 Å². The van der Waals surface area contributed by atoms with Gasteiger partial charge in [0, 0.05) is 31.4 Å². The number of piperidine rings is 1. The van der Waals surface area contributed by atoms with Gasteiger partial charge in [0.1, 0.15) is 6.10 Å². The standard InChI is InChI=1S/C16H27N3O/c1-4-8-17-13(2)14-5-9-18-16(12-14)20-15-6-10-19(3)11-7-15/h5,9,12-13,15,17H,4,6-8,10-11H2,1-3H3. The van der Waals surface area contributed by atoms with Gasteiger partial charge in [0.05, 0.1) is 0 Å². The van der Waals surface area contributed by atoms with Crippen molar-refractivity contribution in [2.45, 2.75) is 45.3 Å². The van der Waals surface area contributed by atoms with Crippen LogP contribution in [0.4, 0.5) is 0 Å². The molecule has 0 saturated carbocycles. The molecule has 0 spiro atoms. The van der Waals surface area contributed by atoms with Gasteiger partial charge in [0.2, 0.25) is 5.88 Å². The number of pyridine rings is 1. The van der Waals surface area contributed by atoms with Crippen molar-refractivity contribution >= 4 is 0 Å². The van der Waals surface area contributed by atoms with Crippen molar-refractivity contribution in [2.75, 3.05) is 26.7 Å². The SMILES string of the molecule is CCCNC(C)c1ccnc(OC2CCN(C)CC2)c1. The minimum absolute atomic E-state index is 0.313. The predicted molar refractivity (Wildman–Crippen MR) is 82.1 cm³/mol. The number of ether oxygens (including phenoxy) is 1. The van der Waals surface area contributed by atoms with Gasteiger partial charge < -0.3 is 15.0 Å². The molecule has 1 unspecified atom stereocenters. The smallest absolute Gasteiger partial charge is 0.213 e. The van der Waals surface area contributed by atoms with E-state index in [2.05, 4.69) is 48.2 Å². The molecule has 1 saturated heterocycles. The average molecular weight is 277 g/mol. The molecule has 0 bridgehead atoms. The lowest BCUT2D eigenvalue weighted by atomic mass is 10.1. The number of nitrogens with one attached hydrogen (secondary N) is 1. The lowest BCUT2D eigenvalue weighted by molar-refractivity contribution is 0.110. The first kappa shape index (κ1) is 15.3. The Hall–Kier alpha value is -1.13. The molecule has 112 valence electrons. The van der Waals surface area contributed by atoms with Gasteiger partial charge in [0.15, 0.2) is 0 Å². The molecule has 1 aromatic heterocycles. The third-order valence-corrected chi connectivity index (χ3v) is 3.91. The van der Waals surface area contributed by atoms with Gasteiger partial charge in [-0.05, 0) is 51.4 Å². The second-order valence-electron chi connectivity index (χ2n) is 5.72. The van der Waals surface area contributed by atoms with E-state index in [4.69, 9.17) is 4.74 Å². The molecule has 1 atom stereocenters. The van der Waals surface area contributed by atoms with Crippen LogP contribution in [0.1, 0.15) is 44.7 Å². The van der Waals surface area contributed by atoms with Crippen molar-refractivity contribution in [3.63, 3.8) is 0 Å². The predicted octanol–water partition coefficient (Wildman–Crippen LogP) is 2.62. The molecule has 2 rings (SSSR count). The average Bonchev–Trinajstić information content (AvgIpc) is 2.47. The number of likely N-dealkylation sites (tertiary alicyclic amines) is 1. The Balaban J connectivity index is 1.92. The van der Waals surface area contributed by atoms with E-state index in [1.54, 1.807) is 0 Å². The van der Waals surface area contributed by atoms with E-state index >= 15 is 0 Å². The zero-order valence-corrected chi connectivity index (χ0v) is 12.9. The molecule has 0 aromatic carbocycles. The van der Waals surface area contributed by atoms with Crippen LogP contribution in [0.15, 0.2) is 18.3 Å².